The summed E-state index contributed by atoms with van der Waals surface area (Å²) in [6, 6.07) is 0.409. The summed E-state index contributed by atoms with van der Waals surface area (Å²) < 4.78 is 0. The maximum Gasteiger partial charge on any atom is 0.239 e. The van der Waals surface area contributed by atoms with Gasteiger partial charge in [-0.3, -0.25) is 4.79 Å². The van der Waals surface area contributed by atoms with Gasteiger partial charge in [-0.05, 0) is 33.1 Å². The molecular weight excluding hydrogens is 248 g/mol. The van der Waals surface area contributed by atoms with Crippen LogP contribution in [0.3, 0.4) is 0 Å². The van der Waals surface area contributed by atoms with E-state index in [2.05, 4.69) is 24.1 Å². The lowest BCUT2D eigenvalue weighted by molar-refractivity contribution is -0.133. The molecule has 1 aliphatic rings. The Labute approximate surface area is 125 Å². The molecule has 3 heteroatoms. The summed E-state index contributed by atoms with van der Waals surface area (Å²) in [5.41, 5.74) is 0. The number of amides is 1. The highest BCUT2D eigenvalue weighted by atomic mass is 16.2. The van der Waals surface area contributed by atoms with E-state index >= 15 is 0 Å². The van der Waals surface area contributed by atoms with Gasteiger partial charge in [-0.15, -0.1) is 0 Å². The Morgan fingerprint density at radius 3 is 2.30 bits per heavy atom. The number of hydrogen-bond acceptors (Lipinski definition) is 2. The predicted octanol–water partition coefficient (Wildman–Crippen LogP) is 3.73. The molecule has 1 amide bonds. The van der Waals surface area contributed by atoms with E-state index in [1.165, 1.54) is 57.8 Å². The zero-order valence-electron chi connectivity index (χ0n) is 13.8. The van der Waals surface area contributed by atoms with Gasteiger partial charge in [-0.25, -0.2) is 0 Å². The molecule has 2 atom stereocenters. The van der Waals surface area contributed by atoms with Crippen LogP contribution < -0.4 is 5.32 Å². The van der Waals surface area contributed by atoms with Crippen LogP contribution in [-0.2, 0) is 4.79 Å². The number of carbonyl (C=O) groups excluding carboxylic acids is 1. The lowest BCUT2D eigenvalue weighted by atomic mass is 10.1. The first-order valence-corrected chi connectivity index (χ1v) is 8.70. The quantitative estimate of drug-likeness (QED) is 0.688. The Hall–Kier alpha value is -0.570. The summed E-state index contributed by atoms with van der Waals surface area (Å²) in [4.78, 5) is 14.5. The zero-order valence-corrected chi connectivity index (χ0v) is 13.8. The highest BCUT2D eigenvalue weighted by Gasteiger charge is 2.22. The van der Waals surface area contributed by atoms with E-state index in [4.69, 9.17) is 0 Å². The van der Waals surface area contributed by atoms with Crippen molar-refractivity contribution in [2.75, 3.05) is 13.1 Å². The molecule has 0 bridgehead atoms. The van der Waals surface area contributed by atoms with Crippen molar-refractivity contribution >= 4 is 5.91 Å². The summed E-state index contributed by atoms with van der Waals surface area (Å²) >= 11 is 0. The SMILES string of the molecule is CCCCCCC(C)NC(C)C(=O)N1CCCCCC1. The van der Waals surface area contributed by atoms with Gasteiger partial charge in [0.2, 0.25) is 5.91 Å². The summed E-state index contributed by atoms with van der Waals surface area (Å²) in [5, 5.41) is 3.48. The second-order valence-corrected chi connectivity index (χ2v) is 6.38. The lowest BCUT2D eigenvalue weighted by Gasteiger charge is -2.26. The fraction of sp³-hybridized carbons (Fsp3) is 0.941. The van der Waals surface area contributed by atoms with Gasteiger partial charge in [0.25, 0.3) is 0 Å². The van der Waals surface area contributed by atoms with Crippen molar-refractivity contribution in [3.8, 4) is 0 Å². The van der Waals surface area contributed by atoms with E-state index in [0.717, 1.165) is 13.1 Å². The minimum absolute atomic E-state index is 0.0331. The molecular formula is C17H34N2O. The third kappa shape index (κ3) is 6.74. The Balaban J connectivity index is 2.25. The van der Waals surface area contributed by atoms with Crippen molar-refractivity contribution in [2.24, 2.45) is 0 Å². The molecule has 1 fully saturated rings. The van der Waals surface area contributed by atoms with E-state index in [1.807, 2.05) is 6.92 Å². The number of nitrogens with zero attached hydrogens (tertiary/aromatic N) is 1. The van der Waals surface area contributed by atoms with Gasteiger partial charge in [0, 0.05) is 19.1 Å². The van der Waals surface area contributed by atoms with Crippen LogP contribution in [-0.4, -0.2) is 36.0 Å². The van der Waals surface area contributed by atoms with Crippen LogP contribution in [0.4, 0.5) is 0 Å². The Bertz CT molecular complexity index is 260. The second-order valence-electron chi connectivity index (χ2n) is 6.38. The Kier molecular flexibility index (Phi) is 8.92. The smallest absolute Gasteiger partial charge is 0.239 e. The van der Waals surface area contributed by atoms with Crippen molar-refractivity contribution in [1.29, 1.82) is 0 Å². The van der Waals surface area contributed by atoms with E-state index in [-0.39, 0.29) is 6.04 Å². The van der Waals surface area contributed by atoms with Crippen LogP contribution in [0.1, 0.15) is 78.6 Å². The summed E-state index contributed by atoms with van der Waals surface area (Å²) in [6.45, 7) is 8.38. The van der Waals surface area contributed by atoms with E-state index in [0.29, 0.717) is 11.9 Å². The average Bonchev–Trinajstić information content (AvgIpc) is 2.71. The Morgan fingerprint density at radius 2 is 1.70 bits per heavy atom. The van der Waals surface area contributed by atoms with Gasteiger partial charge in [0.05, 0.1) is 6.04 Å². The van der Waals surface area contributed by atoms with Crippen molar-refractivity contribution in [3.63, 3.8) is 0 Å². The molecule has 0 radical (unpaired) electrons. The molecule has 3 nitrogen and oxygen atoms in total. The van der Waals surface area contributed by atoms with Gasteiger partial charge >= 0.3 is 0 Å². The number of carbonyl (C=O) groups is 1. The van der Waals surface area contributed by atoms with Crippen molar-refractivity contribution in [1.82, 2.24) is 10.2 Å². The topological polar surface area (TPSA) is 32.3 Å². The predicted molar refractivity (Wildman–Crippen MR) is 85.9 cm³/mol. The van der Waals surface area contributed by atoms with Gasteiger partial charge in [-0.2, -0.15) is 0 Å². The van der Waals surface area contributed by atoms with Gasteiger partial charge in [0.15, 0.2) is 0 Å². The number of likely N-dealkylation sites (tertiary alicyclic amines) is 1. The fourth-order valence-corrected chi connectivity index (χ4v) is 3.02. The van der Waals surface area contributed by atoms with Gasteiger partial charge in [0.1, 0.15) is 0 Å². The maximum absolute atomic E-state index is 12.4. The van der Waals surface area contributed by atoms with E-state index < -0.39 is 0 Å². The van der Waals surface area contributed by atoms with Crippen molar-refractivity contribution < 1.29 is 4.79 Å². The summed E-state index contributed by atoms with van der Waals surface area (Å²) in [6.07, 6.45) is 11.3. The molecule has 118 valence electrons. The molecule has 1 aliphatic heterocycles. The first kappa shape index (κ1) is 17.5. The number of hydrogen-bond donors (Lipinski definition) is 1. The van der Waals surface area contributed by atoms with E-state index in [9.17, 15) is 4.79 Å². The van der Waals surface area contributed by atoms with Gasteiger partial charge < -0.3 is 10.2 Å². The molecule has 0 aromatic heterocycles. The lowest BCUT2D eigenvalue weighted by Crippen LogP contribution is -2.47. The molecule has 1 heterocycles. The number of unbranched alkanes of at least 4 members (excludes halogenated alkanes) is 3. The van der Waals surface area contributed by atoms with Crippen LogP contribution in [0.15, 0.2) is 0 Å². The molecule has 1 N–H and O–H groups in total. The molecule has 0 aromatic carbocycles. The third-order valence-electron chi connectivity index (χ3n) is 4.31. The summed E-state index contributed by atoms with van der Waals surface area (Å²) in [7, 11) is 0. The fourth-order valence-electron chi connectivity index (χ4n) is 3.02. The second kappa shape index (κ2) is 10.2. The molecule has 0 saturated carbocycles. The van der Waals surface area contributed by atoms with Crippen LogP contribution in [0.2, 0.25) is 0 Å². The minimum Gasteiger partial charge on any atom is -0.341 e. The standard InChI is InChI=1S/C17H34N2O/c1-4-5-6-9-12-15(2)18-16(3)17(20)19-13-10-7-8-11-14-19/h15-16,18H,4-14H2,1-3H3. The monoisotopic (exact) mass is 282 g/mol. The van der Waals surface area contributed by atoms with Crippen LogP contribution in [0, 0.1) is 0 Å². The summed E-state index contributed by atoms with van der Waals surface area (Å²) in [5.74, 6) is 0.298. The average molecular weight is 282 g/mol. The molecule has 1 rings (SSSR count). The first-order chi connectivity index (χ1) is 9.65. The largest absolute Gasteiger partial charge is 0.341 e. The normalized spacial score (nSPS) is 19.4. The molecule has 1 saturated heterocycles. The molecule has 0 aliphatic carbocycles. The highest BCUT2D eigenvalue weighted by molar-refractivity contribution is 5.81. The minimum atomic E-state index is -0.0331. The third-order valence-corrected chi connectivity index (χ3v) is 4.31. The van der Waals surface area contributed by atoms with Crippen LogP contribution in [0.5, 0.6) is 0 Å². The molecule has 0 spiro atoms. The van der Waals surface area contributed by atoms with Crippen LogP contribution >= 0.6 is 0 Å². The molecule has 20 heavy (non-hydrogen) atoms. The number of rotatable bonds is 8. The van der Waals surface area contributed by atoms with Crippen molar-refractivity contribution in [3.05, 3.63) is 0 Å². The number of nitrogens with one attached hydrogen (secondary N) is 1. The van der Waals surface area contributed by atoms with Crippen molar-refractivity contribution in [2.45, 2.75) is 90.6 Å². The highest BCUT2D eigenvalue weighted by Crippen LogP contribution is 2.11. The molecule has 0 aromatic rings. The zero-order chi connectivity index (χ0) is 14.8. The Morgan fingerprint density at radius 1 is 1.05 bits per heavy atom. The maximum atomic E-state index is 12.4. The van der Waals surface area contributed by atoms with Gasteiger partial charge in [-0.1, -0.05) is 45.4 Å². The first-order valence-electron chi connectivity index (χ1n) is 8.70. The van der Waals surface area contributed by atoms with Crippen LogP contribution in [0.25, 0.3) is 0 Å². The van der Waals surface area contributed by atoms with E-state index in [1.54, 1.807) is 0 Å². The molecule has 2 unspecified atom stereocenters.